The Kier molecular flexibility index (Phi) is 6.45. The first-order valence-electron chi connectivity index (χ1n) is 12.8. The van der Waals surface area contributed by atoms with Crippen LogP contribution in [0.25, 0.3) is 22.4 Å². The Labute approximate surface area is 211 Å². The van der Waals surface area contributed by atoms with E-state index in [-0.39, 0.29) is 12.0 Å². The van der Waals surface area contributed by atoms with Gasteiger partial charge in [-0.15, -0.1) is 0 Å². The van der Waals surface area contributed by atoms with Crippen LogP contribution in [0.15, 0.2) is 40.9 Å². The number of fused-ring (bicyclic) bond motifs is 1. The van der Waals surface area contributed by atoms with Gasteiger partial charge in [-0.1, -0.05) is 35.5 Å². The van der Waals surface area contributed by atoms with E-state index in [4.69, 9.17) is 14.2 Å². The number of amides is 2. The molecule has 0 bridgehead atoms. The summed E-state index contributed by atoms with van der Waals surface area (Å²) in [6.07, 6.45) is 3.52. The second-order valence-electron chi connectivity index (χ2n) is 11.0. The van der Waals surface area contributed by atoms with Crippen molar-refractivity contribution in [2.75, 3.05) is 26.7 Å². The highest BCUT2D eigenvalue weighted by Crippen LogP contribution is 2.41. The number of hydrogen-bond acceptors (Lipinski definition) is 6. The van der Waals surface area contributed by atoms with Gasteiger partial charge in [-0.05, 0) is 58.4 Å². The molecule has 8 nitrogen and oxygen atoms in total. The van der Waals surface area contributed by atoms with E-state index in [1.54, 1.807) is 11.9 Å². The lowest BCUT2D eigenvalue weighted by atomic mass is 9.95. The van der Waals surface area contributed by atoms with Crippen molar-refractivity contribution in [3.05, 3.63) is 47.7 Å². The molecule has 1 aromatic carbocycles. The maximum atomic E-state index is 13.8. The van der Waals surface area contributed by atoms with Gasteiger partial charge in [0.05, 0.1) is 10.9 Å². The van der Waals surface area contributed by atoms with E-state index in [9.17, 15) is 9.59 Å². The van der Waals surface area contributed by atoms with Crippen molar-refractivity contribution in [1.29, 1.82) is 0 Å². The van der Waals surface area contributed by atoms with Gasteiger partial charge in [-0.3, -0.25) is 4.79 Å². The molecule has 3 heterocycles. The summed E-state index contributed by atoms with van der Waals surface area (Å²) < 4.78 is 11.1. The highest BCUT2D eigenvalue weighted by atomic mass is 16.6. The Morgan fingerprint density at radius 3 is 2.44 bits per heavy atom. The average Bonchev–Trinajstić information content (AvgIpc) is 3.62. The third-order valence-corrected chi connectivity index (χ3v) is 6.88. The monoisotopic (exact) mass is 490 g/mol. The predicted octanol–water partition coefficient (Wildman–Crippen LogP) is 5.49. The molecule has 8 heteroatoms. The van der Waals surface area contributed by atoms with Gasteiger partial charge in [0, 0.05) is 43.9 Å². The molecule has 2 aromatic heterocycles. The zero-order chi connectivity index (χ0) is 25.4. The molecule has 1 aliphatic heterocycles. The van der Waals surface area contributed by atoms with Crippen LogP contribution in [0.2, 0.25) is 0 Å². The normalized spacial score (nSPS) is 16.8. The minimum Gasteiger partial charge on any atom is -0.444 e. The number of likely N-dealkylation sites (tertiary alicyclic amines) is 1. The molecule has 0 radical (unpaired) electrons. The fourth-order valence-corrected chi connectivity index (χ4v) is 4.81. The SMILES string of the molecule is CN(CC1CCN(C(=O)c2cc(C3CC3)nc3onc(-c4ccccc4)c23)CC1)C(=O)OC(C)(C)C. The highest BCUT2D eigenvalue weighted by molar-refractivity contribution is 6.09. The van der Waals surface area contributed by atoms with E-state index in [1.807, 2.05) is 62.1 Å². The van der Waals surface area contributed by atoms with Crippen LogP contribution in [0, 0.1) is 5.92 Å². The molecule has 190 valence electrons. The van der Waals surface area contributed by atoms with Crippen molar-refractivity contribution in [2.45, 2.75) is 58.0 Å². The molecule has 1 saturated carbocycles. The summed E-state index contributed by atoms with van der Waals surface area (Å²) in [5, 5.41) is 4.99. The first kappa shape index (κ1) is 24.3. The zero-order valence-corrected chi connectivity index (χ0v) is 21.5. The molecular formula is C28H34N4O4. The minimum absolute atomic E-state index is 0.0105. The Hall–Kier alpha value is -3.42. The number of piperidine rings is 1. The molecule has 36 heavy (non-hydrogen) atoms. The van der Waals surface area contributed by atoms with Gasteiger partial charge in [0.25, 0.3) is 11.6 Å². The molecule has 0 unspecified atom stereocenters. The highest BCUT2D eigenvalue weighted by Gasteiger charge is 2.32. The van der Waals surface area contributed by atoms with Crippen molar-refractivity contribution < 1.29 is 18.8 Å². The Balaban J connectivity index is 1.33. The predicted molar refractivity (Wildman–Crippen MR) is 137 cm³/mol. The summed E-state index contributed by atoms with van der Waals surface area (Å²) in [5.41, 5.74) is 2.99. The van der Waals surface area contributed by atoms with Crippen molar-refractivity contribution in [3.63, 3.8) is 0 Å². The van der Waals surface area contributed by atoms with Crippen LogP contribution >= 0.6 is 0 Å². The van der Waals surface area contributed by atoms with Gasteiger partial charge in [-0.25, -0.2) is 9.78 Å². The molecule has 1 aliphatic carbocycles. The standard InChI is InChI=1S/C28H34N4O4/c1-28(2,3)35-27(34)31(4)17-18-12-14-32(15-13-18)26(33)21-16-22(19-10-11-19)29-25-23(21)24(30-36-25)20-8-6-5-7-9-20/h5-9,16,18-19H,10-15,17H2,1-4H3. The third-order valence-electron chi connectivity index (χ3n) is 6.88. The minimum atomic E-state index is -0.517. The number of hydrogen-bond donors (Lipinski definition) is 0. The topological polar surface area (TPSA) is 88.8 Å². The molecule has 2 amide bonds. The summed E-state index contributed by atoms with van der Waals surface area (Å²) in [5.74, 6) is 0.700. The van der Waals surface area contributed by atoms with Gasteiger partial charge < -0.3 is 19.1 Å². The van der Waals surface area contributed by atoms with Crippen LogP contribution in [0.1, 0.15) is 68.4 Å². The van der Waals surface area contributed by atoms with Crippen LogP contribution < -0.4 is 0 Å². The Morgan fingerprint density at radius 2 is 1.81 bits per heavy atom. The maximum absolute atomic E-state index is 13.8. The van der Waals surface area contributed by atoms with Crippen molar-refractivity contribution in [3.8, 4) is 11.3 Å². The lowest BCUT2D eigenvalue weighted by molar-refractivity contribution is 0.0246. The lowest BCUT2D eigenvalue weighted by Gasteiger charge is -2.34. The number of carbonyl (C=O) groups is 2. The van der Waals surface area contributed by atoms with E-state index in [2.05, 4.69) is 5.16 Å². The van der Waals surface area contributed by atoms with Crippen LogP contribution in [-0.4, -0.2) is 64.2 Å². The van der Waals surface area contributed by atoms with Gasteiger partial charge in [0.15, 0.2) is 0 Å². The third kappa shape index (κ3) is 5.22. The summed E-state index contributed by atoms with van der Waals surface area (Å²) in [6, 6.07) is 11.7. The molecule has 3 aromatic rings. The van der Waals surface area contributed by atoms with Gasteiger partial charge in [0.2, 0.25) is 0 Å². The van der Waals surface area contributed by atoms with E-state index in [1.165, 1.54) is 0 Å². The summed E-state index contributed by atoms with van der Waals surface area (Å²) in [4.78, 5) is 34.4. The van der Waals surface area contributed by atoms with Crippen molar-refractivity contribution in [1.82, 2.24) is 19.9 Å². The number of benzene rings is 1. The first-order chi connectivity index (χ1) is 17.2. The fraction of sp³-hybridized carbons (Fsp3) is 0.500. The van der Waals surface area contributed by atoms with E-state index >= 15 is 0 Å². The number of nitrogens with zero attached hydrogens (tertiary/aromatic N) is 4. The number of ether oxygens (including phenoxy) is 1. The van der Waals surface area contributed by atoms with Crippen LogP contribution in [0.4, 0.5) is 4.79 Å². The summed E-state index contributed by atoms with van der Waals surface area (Å²) in [7, 11) is 1.77. The maximum Gasteiger partial charge on any atom is 0.410 e. The molecule has 0 atom stereocenters. The molecule has 5 rings (SSSR count). The summed E-state index contributed by atoms with van der Waals surface area (Å²) in [6.45, 7) is 7.50. The Bertz CT molecular complexity index is 1250. The lowest BCUT2D eigenvalue weighted by Crippen LogP contribution is -2.43. The largest absolute Gasteiger partial charge is 0.444 e. The fourth-order valence-electron chi connectivity index (χ4n) is 4.81. The molecular weight excluding hydrogens is 456 g/mol. The second-order valence-corrected chi connectivity index (χ2v) is 11.0. The quantitative estimate of drug-likeness (QED) is 0.470. The van der Waals surface area contributed by atoms with Crippen LogP contribution in [0.3, 0.4) is 0 Å². The molecule has 0 N–H and O–H groups in total. The van der Waals surface area contributed by atoms with Crippen molar-refractivity contribution in [2.24, 2.45) is 5.92 Å². The number of aromatic nitrogens is 2. The molecule has 0 spiro atoms. The summed E-state index contributed by atoms with van der Waals surface area (Å²) >= 11 is 0. The van der Waals surface area contributed by atoms with E-state index in [0.29, 0.717) is 53.8 Å². The van der Waals surface area contributed by atoms with Gasteiger partial charge in [0.1, 0.15) is 11.3 Å². The van der Waals surface area contributed by atoms with E-state index < -0.39 is 5.60 Å². The van der Waals surface area contributed by atoms with Crippen LogP contribution in [0.5, 0.6) is 0 Å². The van der Waals surface area contributed by atoms with Gasteiger partial charge in [-0.2, -0.15) is 0 Å². The van der Waals surface area contributed by atoms with Crippen molar-refractivity contribution >= 4 is 23.1 Å². The number of carbonyl (C=O) groups excluding carboxylic acids is 2. The second kappa shape index (κ2) is 9.56. The van der Waals surface area contributed by atoms with E-state index in [0.717, 1.165) is 36.9 Å². The first-order valence-corrected chi connectivity index (χ1v) is 12.8. The number of pyridine rings is 1. The van der Waals surface area contributed by atoms with Crippen LogP contribution in [-0.2, 0) is 4.74 Å². The average molecular weight is 491 g/mol. The molecule has 2 aliphatic rings. The molecule has 1 saturated heterocycles. The van der Waals surface area contributed by atoms with Gasteiger partial charge >= 0.3 is 6.09 Å². The Morgan fingerprint density at radius 1 is 1.11 bits per heavy atom. The molecule has 2 fully saturated rings. The zero-order valence-electron chi connectivity index (χ0n) is 21.5. The smallest absolute Gasteiger partial charge is 0.410 e. The number of rotatable bonds is 5.